The molecule has 3 aromatic rings. The number of carbonyl (C=O) groups excluding carboxylic acids is 1. The van der Waals surface area contributed by atoms with Gasteiger partial charge >= 0.3 is 5.97 Å². The molecule has 0 aliphatic carbocycles. The van der Waals surface area contributed by atoms with Crippen molar-refractivity contribution in [3.8, 4) is 17.2 Å². The van der Waals surface area contributed by atoms with Gasteiger partial charge in [0.25, 0.3) is 5.56 Å². The van der Waals surface area contributed by atoms with Crippen LogP contribution in [0.25, 0.3) is 18.3 Å². The van der Waals surface area contributed by atoms with E-state index in [2.05, 4.69) is 18.6 Å². The fourth-order valence-electron chi connectivity index (χ4n) is 2.89. The van der Waals surface area contributed by atoms with Crippen LogP contribution in [-0.2, 0) is 11.2 Å². The van der Waals surface area contributed by atoms with Crippen molar-refractivity contribution in [2.24, 2.45) is 0 Å². The number of rotatable bonds is 5. The summed E-state index contributed by atoms with van der Waals surface area (Å²) < 4.78 is 11.9. The highest BCUT2D eigenvalue weighted by Crippen LogP contribution is 2.28. The molecule has 0 saturated carbocycles. The largest absolute Gasteiger partial charge is 0.493 e. The van der Waals surface area contributed by atoms with Gasteiger partial charge in [-0.1, -0.05) is 31.7 Å². The lowest BCUT2D eigenvalue weighted by atomic mass is 10.1. The van der Waals surface area contributed by atoms with Crippen LogP contribution in [0.1, 0.15) is 25.0 Å². The molecule has 3 rings (SSSR count). The number of nitrogens with one attached hydrogen (secondary N) is 1. The number of nitrogens with zero attached hydrogens (tertiary/aromatic N) is 1. The van der Waals surface area contributed by atoms with Gasteiger partial charge in [0, 0.05) is 6.92 Å². The number of esters is 1. The van der Waals surface area contributed by atoms with Gasteiger partial charge in [0.15, 0.2) is 11.5 Å². The topological polar surface area (TPSA) is 73.3 Å². The van der Waals surface area contributed by atoms with Gasteiger partial charge in [-0.05, 0) is 47.9 Å². The molecule has 6 heteroatoms. The number of methoxy groups -OCH3 is 1. The van der Waals surface area contributed by atoms with Crippen LogP contribution in [0.3, 0.4) is 0 Å². The number of aromatic amines is 1. The van der Waals surface area contributed by atoms with E-state index in [1.54, 1.807) is 24.3 Å². The Labute approximate surface area is 162 Å². The molecule has 28 heavy (non-hydrogen) atoms. The first-order chi connectivity index (χ1) is 13.4. The van der Waals surface area contributed by atoms with Crippen LogP contribution in [0, 0.1) is 0 Å². The predicted octanol–water partition coefficient (Wildman–Crippen LogP) is 1.90. The Hall–Kier alpha value is -3.54. The van der Waals surface area contributed by atoms with Crippen molar-refractivity contribution in [3.05, 3.63) is 74.5 Å². The molecule has 0 radical (unpaired) electrons. The molecule has 0 bridgehead atoms. The lowest BCUT2D eigenvalue weighted by Gasteiger charge is -2.08. The van der Waals surface area contributed by atoms with Gasteiger partial charge < -0.3 is 9.47 Å². The Morgan fingerprint density at radius 3 is 2.50 bits per heavy atom. The number of H-pyrrole nitrogens is 1. The van der Waals surface area contributed by atoms with Gasteiger partial charge in [-0.3, -0.25) is 14.7 Å². The van der Waals surface area contributed by atoms with Gasteiger partial charge in [0.1, 0.15) is 0 Å². The average Bonchev–Trinajstić information content (AvgIpc) is 2.97. The van der Waals surface area contributed by atoms with E-state index in [1.807, 2.05) is 24.3 Å². The number of hydrogen-bond donors (Lipinski definition) is 1. The second kappa shape index (κ2) is 8.00. The number of hydrogen-bond acceptors (Lipinski definition) is 4. The summed E-state index contributed by atoms with van der Waals surface area (Å²) in [5.74, 6) is 0.294. The van der Waals surface area contributed by atoms with Crippen molar-refractivity contribution in [1.29, 1.82) is 0 Å². The van der Waals surface area contributed by atoms with Crippen molar-refractivity contribution in [1.82, 2.24) is 9.78 Å². The van der Waals surface area contributed by atoms with E-state index in [1.165, 1.54) is 24.3 Å². The highest BCUT2D eigenvalue weighted by molar-refractivity contribution is 5.71. The van der Waals surface area contributed by atoms with E-state index in [-0.39, 0.29) is 5.56 Å². The van der Waals surface area contributed by atoms with Crippen molar-refractivity contribution < 1.29 is 14.3 Å². The SMILES string of the molecule is C=c1[nH]n(-c2ccc(CC)cc2)c(=O)/c1=C/c1ccc(OC(C)=O)c(OC)c1. The first kappa shape index (κ1) is 19.2. The van der Waals surface area contributed by atoms with Crippen LogP contribution in [0.5, 0.6) is 11.5 Å². The molecule has 0 atom stereocenters. The molecular weight excluding hydrogens is 356 g/mol. The summed E-state index contributed by atoms with van der Waals surface area (Å²) >= 11 is 0. The monoisotopic (exact) mass is 378 g/mol. The molecular formula is C22H22N2O4. The molecule has 0 unspecified atom stereocenters. The van der Waals surface area contributed by atoms with Crippen molar-refractivity contribution in [3.63, 3.8) is 0 Å². The zero-order valence-electron chi connectivity index (χ0n) is 16.1. The average molecular weight is 378 g/mol. The molecule has 0 spiro atoms. The van der Waals surface area contributed by atoms with Crippen LogP contribution in [0.2, 0.25) is 0 Å². The maximum Gasteiger partial charge on any atom is 0.308 e. The summed E-state index contributed by atoms with van der Waals surface area (Å²) in [6.45, 7) is 7.35. The summed E-state index contributed by atoms with van der Waals surface area (Å²) in [4.78, 5) is 24.1. The molecule has 144 valence electrons. The van der Waals surface area contributed by atoms with E-state index < -0.39 is 5.97 Å². The highest BCUT2D eigenvalue weighted by atomic mass is 16.6. The number of aryl methyl sites for hydroxylation is 1. The molecule has 0 saturated heterocycles. The van der Waals surface area contributed by atoms with E-state index in [0.717, 1.165) is 17.7 Å². The van der Waals surface area contributed by atoms with Crippen molar-refractivity contribution in [2.45, 2.75) is 20.3 Å². The maximum absolute atomic E-state index is 12.9. The lowest BCUT2D eigenvalue weighted by Crippen LogP contribution is -2.33. The third-order valence-corrected chi connectivity index (χ3v) is 4.36. The van der Waals surface area contributed by atoms with Crippen LogP contribution in [0.15, 0.2) is 47.3 Å². The molecule has 1 heterocycles. The summed E-state index contributed by atoms with van der Waals surface area (Å²) in [7, 11) is 1.49. The standard InChI is InChI=1S/C22H22N2O4/c1-5-16-6-9-18(10-7-16)24-22(26)19(14(2)23-24)12-17-8-11-20(28-15(3)25)21(13-17)27-4/h6-13,23H,2,5H2,1,3-4H3/b19-12+. The Kier molecular flexibility index (Phi) is 5.49. The Morgan fingerprint density at radius 1 is 1.18 bits per heavy atom. The van der Waals surface area contributed by atoms with Gasteiger partial charge in [-0.15, -0.1) is 0 Å². The molecule has 0 amide bonds. The van der Waals surface area contributed by atoms with Crippen molar-refractivity contribution >= 4 is 18.6 Å². The molecule has 6 nitrogen and oxygen atoms in total. The number of carbonyl (C=O) groups is 1. The first-order valence-electron chi connectivity index (χ1n) is 8.90. The fourth-order valence-corrected chi connectivity index (χ4v) is 2.89. The third kappa shape index (κ3) is 3.91. The van der Waals surface area contributed by atoms with Gasteiger partial charge in [-0.2, -0.15) is 0 Å². The van der Waals surface area contributed by atoms with Crippen LogP contribution >= 0.6 is 0 Å². The zero-order chi connectivity index (χ0) is 20.3. The molecule has 2 aromatic carbocycles. The van der Waals surface area contributed by atoms with Gasteiger partial charge in [0.2, 0.25) is 0 Å². The first-order valence-corrected chi connectivity index (χ1v) is 8.90. The molecule has 0 fully saturated rings. The van der Waals surface area contributed by atoms with Crippen LogP contribution < -0.4 is 25.6 Å². The Morgan fingerprint density at radius 2 is 1.89 bits per heavy atom. The summed E-state index contributed by atoms with van der Waals surface area (Å²) in [5, 5.41) is 3.97. The summed E-state index contributed by atoms with van der Waals surface area (Å²) in [5.41, 5.74) is 2.47. The lowest BCUT2D eigenvalue weighted by molar-refractivity contribution is -0.132. The smallest absolute Gasteiger partial charge is 0.308 e. The quantitative estimate of drug-likeness (QED) is 0.544. The van der Waals surface area contributed by atoms with Gasteiger partial charge in [0.05, 0.1) is 23.4 Å². The normalized spacial score (nSPS) is 11.5. The molecule has 1 N–H and O–H groups in total. The van der Waals surface area contributed by atoms with Crippen molar-refractivity contribution in [2.75, 3.05) is 7.11 Å². The highest BCUT2D eigenvalue weighted by Gasteiger charge is 2.09. The Bertz CT molecular complexity index is 1170. The fraction of sp³-hybridized carbons (Fsp3) is 0.182. The number of aromatic nitrogens is 2. The Balaban J connectivity index is 2.05. The van der Waals surface area contributed by atoms with E-state index in [0.29, 0.717) is 22.1 Å². The number of ether oxygens (including phenoxy) is 2. The second-order valence-electron chi connectivity index (χ2n) is 6.31. The zero-order valence-corrected chi connectivity index (χ0v) is 16.1. The number of benzene rings is 2. The van der Waals surface area contributed by atoms with Crippen LogP contribution in [-0.4, -0.2) is 22.9 Å². The summed E-state index contributed by atoms with van der Waals surface area (Å²) in [6.07, 6.45) is 2.66. The minimum absolute atomic E-state index is 0.197. The minimum atomic E-state index is -0.433. The molecule has 0 aliphatic rings. The minimum Gasteiger partial charge on any atom is -0.493 e. The van der Waals surface area contributed by atoms with E-state index in [9.17, 15) is 9.59 Å². The van der Waals surface area contributed by atoms with E-state index >= 15 is 0 Å². The summed E-state index contributed by atoms with van der Waals surface area (Å²) in [6, 6.07) is 12.9. The molecule has 0 aliphatic heterocycles. The van der Waals surface area contributed by atoms with Crippen LogP contribution in [0.4, 0.5) is 0 Å². The maximum atomic E-state index is 12.9. The second-order valence-corrected chi connectivity index (χ2v) is 6.31. The predicted molar refractivity (Wildman–Crippen MR) is 108 cm³/mol. The third-order valence-electron chi connectivity index (χ3n) is 4.36. The molecule has 1 aromatic heterocycles. The van der Waals surface area contributed by atoms with Gasteiger partial charge in [-0.25, -0.2) is 4.68 Å². The van der Waals surface area contributed by atoms with E-state index in [4.69, 9.17) is 9.47 Å².